The number of carbonyl (C=O) groups excluding carboxylic acids is 2. The van der Waals surface area contributed by atoms with E-state index in [-0.39, 0.29) is 18.6 Å². The summed E-state index contributed by atoms with van der Waals surface area (Å²) < 4.78 is 0. The number of hydrogen-bond donors (Lipinski definition) is 1. The molecule has 4 amide bonds. The highest BCUT2D eigenvalue weighted by Crippen LogP contribution is 2.37. The number of urea groups is 2. The Morgan fingerprint density at radius 2 is 1.72 bits per heavy atom. The molecule has 0 radical (unpaired) electrons. The number of carbonyl (C=O) groups is 3. The smallest absolute Gasteiger partial charge is 0.329 e. The van der Waals surface area contributed by atoms with Crippen molar-refractivity contribution < 1.29 is 19.5 Å². The number of fused-ring (bicyclic) bond motifs is 2. The van der Waals surface area contributed by atoms with Crippen LogP contribution >= 0.6 is 0 Å². The number of aliphatic carboxylic acids is 1. The lowest BCUT2D eigenvalue weighted by Gasteiger charge is -2.47. The van der Waals surface area contributed by atoms with Crippen molar-refractivity contribution in [3.8, 4) is 0 Å². The molecule has 2 bridgehead atoms. The summed E-state index contributed by atoms with van der Waals surface area (Å²) in [4.78, 5) is 46.7. The summed E-state index contributed by atoms with van der Waals surface area (Å²) in [6, 6.07) is 14.3. The molecule has 39 heavy (non-hydrogen) atoms. The molecule has 2 aliphatic heterocycles. The second-order valence-electron chi connectivity index (χ2n) is 9.89. The molecule has 2 aromatic rings. The predicted molar refractivity (Wildman–Crippen MR) is 153 cm³/mol. The van der Waals surface area contributed by atoms with Crippen LogP contribution in [-0.4, -0.2) is 69.6 Å². The number of nitrogens with zero attached hydrogens (tertiary/aromatic N) is 4. The number of amides is 4. The molecular formula is C31H36N4O4. The summed E-state index contributed by atoms with van der Waals surface area (Å²) in [7, 11) is 1.73. The van der Waals surface area contributed by atoms with E-state index in [4.69, 9.17) is 0 Å². The molecule has 0 aliphatic carbocycles. The first kappa shape index (κ1) is 27.7. The Labute approximate surface area is 230 Å². The number of rotatable bonds is 7. The second kappa shape index (κ2) is 12.0. The molecule has 2 saturated heterocycles. The molecule has 2 fully saturated rings. The monoisotopic (exact) mass is 528 g/mol. The first-order chi connectivity index (χ1) is 18.8. The van der Waals surface area contributed by atoms with Crippen LogP contribution < -0.4 is 4.90 Å². The van der Waals surface area contributed by atoms with Crippen LogP contribution in [0.15, 0.2) is 85.1 Å². The fourth-order valence-corrected chi connectivity index (χ4v) is 5.59. The van der Waals surface area contributed by atoms with Crippen molar-refractivity contribution in [3.63, 3.8) is 0 Å². The minimum absolute atomic E-state index is 0.149. The molecule has 2 aromatic carbocycles. The summed E-state index contributed by atoms with van der Waals surface area (Å²) >= 11 is 0. The molecule has 8 heteroatoms. The highest BCUT2D eigenvalue weighted by molar-refractivity contribution is 5.98. The molecule has 0 saturated carbocycles. The maximum Gasteiger partial charge on any atom is 0.329 e. The SMILES string of the molecule is C=Cc1ccc(CN(C)C(=O)N2[C@H]3CC[C@@H]2[C@@H](C(=O)O)N(C(=O)N(C(/C=C\C)=C/C)c2ccccc2)C3)cc1. The molecule has 1 N–H and O–H groups in total. The topological polar surface area (TPSA) is 84.4 Å². The van der Waals surface area contributed by atoms with Gasteiger partial charge in [-0.25, -0.2) is 14.4 Å². The van der Waals surface area contributed by atoms with Gasteiger partial charge >= 0.3 is 18.0 Å². The minimum Gasteiger partial charge on any atom is -0.480 e. The average molecular weight is 529 g/mol. The number of para-hydroxylation sites is 1. The average Bonchev–Trinajstić information content (AvgIpc) is 3.24. The van der Waals surface area contributed by atoms with Crippen molar-refractivity contribution in [2.75, 3.05) is 18.5 Å². The number of likely N-dealkylation sites (tertiary alicyclic amines) is 1. The lowest BCUT2D eigenvalue weighted by molar-refractivity contribution is -0.145. The molecular weight excluding hydrogens is 492 g/mol. The first-order valence-electron chi connectivity index (χ1n) is 13.2. The number of anilines is 1. The maximum atomic E-state index is 14.1. The number of carboxylic acids is 1. The lowest BCUT2D eigenvalue weighted by Crippen LogP contribution is -2.67. The van der Waals surface area contributed by atoms with Gasteiger partial charge in [-0.1, -0.05) is 67.3 Å². The minimum atomic E-state index is -1.16. The first-order valence-corrected chi connectivity index (χ1v) is 13.2. The fourth-order valence-electron chi connectivity index (χ4n) is 5.59. The molecule has 204 valence electrons. The van der Waals surface area contributed by atoms with Crippen LogP contribution in [0.1, 0.15) is 37.8 Å². The Balaban J connectivity index is 1.61. The summed E-state index contributed by atoms with van der Waals surface area (Å²) in [6.07, 6.45) is 8.42. The molecule has 8 nitrogen and oxygen atoms in total. The van der Waals surface area contributed by atoms with E-state index in [1.165, 1.54) is 4.90 Å². The van der Waals surface area contributed by atoms with Gasteiger partial charge in [0.1, 0.15) is 0 Å². The van der Waals surface area contributed by atoms with Crippen molar-refractivity contribution >= 4 is 29.8 Å². The number of hydrogen-bond acceptors (Lipinski definition) is 3. The van der Waals surface area contributed by atoms with E-state index in [1.807, 2.05) is 86.7 Å². The summed E-state index contributed by atoms with van der Waals surface area (Å²) in [5, 5.41) is 10.4. The molecule has 4 rings (SSSR count). The van der Waals surface area contributed by atoms with Crippen molar-refractivity contribution in [3.05, 3.63) is 96.2 Å². The zero-order valence-corrected chi connectivity index (χ0v) is 22.7. The maximum absolute atomic E-state index is 14.1. The molecule has 0 aromatic heterocycles. The van der Waals surface area contributed by atoms with Crippen molar-refractivity contribution in [2.45, 2.75) is 51.4 Å². The Hall–Kier alpha value is -4.33. The predicted octanol–water partition coefficient (Wildman–Crippen LogP) is 5.59. The van der Waals surface area contributed by atoms with E-state index >= 15 is 0 Å². The molecule has 2 heterocycles. The van der Waals surface area contributed by atoms with Crippen LogP contribution in [0.5, 0.6) is 0 Å². The van der Waals surface area contributed by atoms with E-state index in [1.54, 1.807) is 27.8 Å². The Morgan fingerprint density at radius 1 is 1.03 bits per heavy atom. The lowest BCUT2D eigenvalue weighted by atomic mass is 10.0. The van der Waals surface area contributed by atoms with Gasteiger partial charge in [0.05, 0.1) is 17.8 Å². The van der Waals surface area contributed by atoms with Crippen LogP contribution in [0.3, 0.4) is 0 Å². The Morgan fingerprint density at radius 3 is 2.31 bits per heavy atom. The third kappa shape index (κ3) is 5.60. The molecule has 3 atom stereocenters. The van der Waals surface area contributed by atoms with Crippen LogP contribution in [0.2, 0.25) is 0 Å². The highest BCUT2D eigenvalue weighted by Gasteiger charge is 2.54. The van der Waals surface area contributed by atoms with Crippen LogP contribution in [0, 0.1) is 0 Å². The fraction of sp³-hybridized carbons (Fsp3) is 0.323. The van der Waals surface area contributed by atoms with Crippen LogP contribution in [0.4, 0.5) is 15.3 Å². The number of carboxylic acid groups (broad SMARTS) is 1. The Bertz CT molecular complexity index is 1270. The van der Waals surface area contributed by atoms with Gasteiger partial charge in [0.15, 0.2) is 6.04 Å². The summed E-state index contributed by atoms with van der Waals surface area (Å²) in [5.74, 6) is -1.12. The standard InChI is InChI=1S/C31H36N4O4/c1-5-11-24(7-3)34(25-12-9-8-10-13-25)31(39)33-21-26-18-19-27(28(33)29(36)37)35(26)30(38)32(4)20-23-16-14-22(6-2)15-17-23/h5-17,26-28H,2,18-21H2,1,3-4H3,(H,36,37)/b11-5-,24-7+/t26-,27+,28-/m0/s1. The summed E-state index contributed by atoms with van der Waals surface area (Å²) in [6.45, 7) is 8.02. The van der Waals surface area contributed by atoms with Gasteiger partial charge < -0.3 is 19.8 Å². The van der Waals surface area contributed by atoms with E-state index in [9.17, 15) is 19.5 Å². The molecule has 2 aliphatic rings. The third-order valence-electron chi connectivity index (χ3n) is 7.43. The van der Waals surface area contributed by atoms with Crippen molar-refractivity contribution in [2.24, 2.45) is 0 Å². The number of allylic oxidation sites excluding steroid dienone is 3. The van der Waals surface area contributed by atoms with Gasteiger partial charge in [-0.3, -0.25) is 4.90 Å². The van der Waals surface area contributed by atoms with Gasteiger partial charge in [0.25, 0.3) is 0 Å². The quantitative estimate of drug-likeness (QED) is 0.475. The zero-order valence-electron chi connectivity index (χ0n) is 22.7. The van der Waals surface area contributed by atoms with Crippen LogP contribution in [0.25, 0.3) is 6.08 Å². The largest absolute Gasteiger partial charge is 0.480 e. The molecule has 0 unspecified atom stereocenters. The number of benzene rings is 2. The zero-order chi connectivity index (χ0) is 28.1. The normalized spacial score (nSPS) is 20.7. The Kier molecular flexibility index (Phi) is 8.54. The van der Waals surface area contributed by atoms with Gasteiger partial charge in [-0.2, -0.15) is 0 Å². The van der Waals surface area contributed by atoms with Crippen molar-refractivity contribution in [1.82, 2.24) is 14.7 Å². The van der Waals surface area contributed by atoms with E-state index in [0.717, 1.165) is 11.1 Å². The third-order valence-corrected chi connectivity index (χ3v) is 7.43. The van der Waals surface area contributed by atoms with E-state index in [0.29, 0.717) is 30.8 Å². The van der Waals surface area contributed by atoms with Crippen molar-refractivity contribution in [1.29, 1.82) is 0 Å². The van der Waals surface area contributed by atoms with E-state index < -0.39 is 24.1 Å². The van der Waals surface area contributed by atoms with Gasteiger partial charge in [0, 0.05) is 25.8 Å². The highest BCUT2D eigenvalue weighted by atomic mass is 16.4. The van der Waals surface area contributed by atoms with Gasteiger partial charge in [0.2, 0.25) is 0 Å². The van der Waals surface area contributed by atoms with Crippen LogP contribution in [-0.2, 0) is 11.3 Å². The summed E-state index contributed by atoms with van der Waals surface area (Å²) in [5.41, 5.74) is 3.25. The van der Waals surface area contributed by atoms with E-state index in [2.05, 4.69) is 6.58 Å². The molecule has 0 spiro atoms. The second-order valence-corrected chi connectivity index (χ2v) is 9.89. The van der Waals surface area contributed by atoms with Gasteiger partial charge in [-0.15, -0.1) is 0 Å². The number of piperazine rings is 1. The van der Waals surface area contributed by atoms with Gasteiger partial charge in [-0.05, 0) is 56.0 Å².